The molecule has 0 radical (unpaired) electrons. The molecule has 0 aliphatic rings. The molecule has 156 valence electrons. The van der Waals surface area contributed by atoms with E-state index in [1.54, 1.807) is 32.9 Å². The summed E-state index contributed by atoms with van der Waals surface area (Å²) in [5.74, 6) is -0.770. The lowest BCUT2D eigenvalue weighted by atomic mass is 10.2. The summed E-state index contributed by atoms with van der Waals surface area (Å²) >= 11 is 0. The van der Waals surface area contributed by atoms with Crippen molar-refractivity contribution in [2.75, 3.05) is 6.54 Å². The Morgan fingerprint density at radius 1 is 1.14 bits per heavy atom. The van der Waals surface area contributed by atoms with Crippen molar-refractivity contribution >= 4 is 21.7 Å². The maximum Gasteiger partial charge on any atom is 0.307 e. The van der Waals surface area contributed by atoms with Gasteiger partial charge in [0, 0.05) is 12.6 Å². The minimum Gasteiger partial charge on any atom is -0.460 e. The van der Waals surface area contributed by atoms with Gasteiger partial charge in [-0.15, -0.1) is 0 Å². The van der Waals surface area contributed by atoms with Crippen LogP contribution in [0.1, 0.15) is 46.6 Å². The van der Waals surface area contributed by atoms with E-state index < -0.39 is 32.6 Å². The highest BCUT2D eigenvalue weighted by Crippen LogP contribution is 2.22. The van der Waals surface area contributed by atoms with Gasteiger partial charge in [0.15, 0.2) is 9.84 Å². The molecule has 6 nitrogen and oxygen atoms in total. The first-order valence-corrected chi connectivity index (χ1v) is 10.8. The van der Waals surface area contributed by atoms with E-state index in [1.165, 1.54) is 24.3 Å². The van der Waals surface area contributed by atoms with Crippen molar-refractivity contribution in [1.29, 1.82) is 0 Å². The molecule has 1 rings (SSSR count). The summed E-state index contributed by atoms with van der Waals surface area (Å²) in [6.07, 6.45) is 2.05. The van der Waals surface area contributed by atoms with Gasteiger partial charge in [-0.25, -0.2) is 8.42 Å². The zero-order chi connectivity index (χ0) is 21.5. The summed E-state index contributed by atoms with van der Waals surface area (Å²) in [6.45, 7) is 11.4. The zero-order valence-corrected chi connectivity index (χ0v) is 18.3. The van der Waals surface area contributed by atoms with Crippen molar-refractivity contribution < 1.29 is 22.7 Å². The van der Waals surface area contributed by atoms with Gasteiger partial charge in [-0.3, -0.25) is 9.59 Å². The van der Waals surface area contributed by atoms with Crippen LogP contribution >= 0.6 is 0 Å². The molecule has 28 heavy (non-hydrogen) atoms. The molecular weight excluding hydrogens is 378 g/mol. The molecule has 0 aliphatic heterocycles. The Morgan fingerprint density at radius 3 is 2.21 bits per heavy atom. The Hall–Kier alpha value is -2.15. The fourth-order valence-corrected chi connectivity index (χ4v) is 3.80. The number of carbonyl (C=O) groups is 2. The summed E-state index contributed by atoms with van der Waals surface area (Å²) in [5, 5.41) is 1.49. The van der Waals surface area contributed by atoms with E-state index in [9.17, 15) is 18.0 Å². The van der Waals surface area contributed by atoms with E-state index in [-0.39, 0.29) is 17.2 Å². The molecule has 1 atom stereocenters. The standard InChI is InChI=1S/C21H31NO5S/c1-15(2)14-22-19(23)12-11-18(13-20(24)27-21(4,5)6)28(25,26)17-9-7-16(3)8-10-17/h7-12,15,18H,13-14H2,1-6H3,(H,22,23)/b12-11+. The molecule has 0 fully saturated rings. The van der Waals surface area contributed by atoms with Gasteiger partial charge in [0.05, 0.1) is 16.6 Å². The minimum absolute atomic E-state index is 0.0962. The van der Waals surface area contributed by atoms with Gasteiger partial charge in [0.2, 0.25) is 5.91 Å². The summed E-state index contributed by atoms with van der Waals surface area (Å²) in [5.41, 5.74) is 0.194. The van der Waals surface area contributed by atoms with Crippen molar-refractivity contribution in [2.24, 2.45) is 5.92 Å². The first-order chi connectivity index (χ1) is 12.8. The van der Waals surface area contributed by atoms with Crippen molar-refractivity contribution in [1.82, 2.24) is 5.32 Å². The predicted molar refractivity (Wildman–Crippen MR) is 110 cm³/mol. The van der Waals surface area contributed by atoms with Crippen LogP contribution < -0.4 is 5.32 Å². The quantitative estimate of drug-likeness (QED) is 0.526. The number of sulfone groups is 1. The lowest BCUT2D eigenvalue weighted by Crippen LogP contribution is -2.30. The van der Waals surface area contributed by atoms with Crippen LogP contribution in [0.15, 0.2) is 41.3 Å². The van der Waals surface area contributed by atoms with Crippen molar-refractivity contribution in [3.63, 3.8) is 0 Å². The maximum absolute atomic E-state index is 13.0. The van der Waals surface area contributed by atoms with Crippen LogP contribution in [0.5, 0.6) is 0 Å². The van der Waals surface area contributed by atoms with Crippen molar-refractivity contribution in [2.45, 2.75) is 63.7 Å². The van der Waals surface area contributed by atoms with Crippen LogP contribution in [0.25, 0.3) is 0 Å². The van der Waals surface area contributed by atoms with Gasteiger partial charge >= 0.3 is 5.97 Å². The molecule has 1 aromatic rings. The average molecular weight is 410 g/mol. The molecule has 1 amide bonds. The first kappa shape index (κ1) is 23.9. The Bertz CT molecular complexity index is 802. The third kappa shape index (κ3) is 8.25. The number of benzene rings is 1. The minimum atomic E-state index is -3.86. The normalized spacial score (nSPS) is 13.5. The van der Waals surface area contributed by atoms with Crippen molar-refractivity contribution in [3.8, 4) is 0 Å². The van der Waals surface area contributed by atoms with Crippen LogP contribution in [-0.2, 0) is 24.2 Å². The van der Waals surface area contributed by atoms with E-state index in [1.807, 2.05) is 20.8 Å². The van der Waals surface area contributed by atoms with Gasteiger partial charge in [0.1, 0.15) is 5.60 Å². The first-order valence-electron chi connectivity index (χ1n) is 9.29. The van der Waals surface area contributed by atoms with Crippen LogP contribution in [0.3, 0.4) is 0 Å². The molecule has 0 spiro atoms. The van der Waals surface area contributed by atoms with E-state index in [0.717, 1.165) is 5.56 Å². The highest BCUT2D eigenvalue weighted by atomic mass is 32.2. The number of hydrogen-bond donors (Lipinski definition) is 1. The monoisotopic (exact) mass is 409 g/mol. The fraction of sp³-hybridized carbons (Fsp3) is 0.524. The van der Waals surface area contributed by atoms with Gasteiger partial charge in [-0.1, -0.05) is 37.6 Å². The van der Waals surface area contributed by atoms with E-state index in [2.05, 4.69) is 5.32 Å². The van der Waals surface area contributed by atoms with Crippen LogP contribution in [0.4, 0.5) is 0 Å². The Morgan fingerprint density at radius 2 is 1.71 bits per heavy atom. The number of ether oxygens (including phenoxy) is 1. The van der Waals surface area contributed by atoms with Crippen LogP contribution in [0, 0.1) is 12.8 Å². The lowest BCUT2D eigenvalue weighted by Gasteiger charge is -2.21. The van der Waals surface area contributed by atoms with Gasteiger partial charge in [-0.05, 0) is 45.7 Å². The van der Waals surface area contributed by atoms with E-state index in [0.29, 0.717) is 6.54 Å². The number of carbonyl (C=O) groups excluding carboxylic acids is 2. The third-order valence-corrected chi connectivity index (χ3v) is 5.73. The average Bonchev–Trinajstić information content (AvgIpc) is 2.55. The summed E-state index contributed by atoms with van der Waals surface area (Å²) in [7, 11) is -3.86. The number of esters is 1. The van der Waals surface area contributed by atoms with E-state index in [4.69, 9.17) is 4.74 Å². The molecule has 7 heteroatoms. The third-order valence-electron chi connectivity index (χ3n) is 3.68. The van der Waals surface area contributed by atoms with Gasteiger partial charge in [-0.2, -0.15) is 0 Å². The number of nitrogens with one attached hydrogen (secondary N) is 1. The molecule has 0 heterocycles. The topological polar surface area (TPSA) is 89.5 Å². The Balaban J connectivity index is 3.11. The molecule has 0 saturated carbocycles. The number of hydrogen-bond acceptors (Lipinski definition) is 5. The second-order valence-corrected chi connectivity index (χ2v) is 10.4. The molecule has 0 saturated heterocycles. The smallest absolute Gasteiger partial charge is 0.307 e. The molecular formula is C21H31NO5S. The second kappa shape index (κ2) is 9.87. The summed E-state index contributed by atoms with van der Waals surface area (Å²) < 4.78 is 31.3. The fourth-order valence-electron chi connectivity index (χ4n) is 2.29. The zero-order valence-electron chi connectivity index (χ0n) is 17.5. The predicted octanol–water partition coefficient (Wildman–Crippen LogP) is 3.20. The second-order valence-electron chi connectivity index (χ2n) is 8.19. The van der Waals surface area contributed by atoms with Gasteiger partial charge in [0.25, 0.3) is 0 Å². The molecule has 1 aromatic carbocycles. The Labute approximate surface area is 168 Å². The van der Waals surface area contributed by atoms with Crippen molar-refractivity contribution in [3.05, 3.63) is 42.0 Å². The molecule has 0 aliphatic carbocycles. The summed E-state index contributed by atoms with van der Waals surface area (Å²) in [4.78, 5) is 24.3. The largest absolute Gasteiger partial charge is 0.460 e. The SMILES string of the molecule is Cc1ccc(S(=O)(=O)C(/C=C/C(=O)NCC(C)C)CC(=O)OC(C)(C)C)cc1. The number of rotatable bonds is 8. The molecule has 1 N–H and O–H groups in total. The summed E-state index contributed by atoms with van der Waals surface area (Å²) in [6, 6.07) is 6.38. The van der Waals surface area contributed by atoms with Crippen LogP contribution in [0.2, 0.25) is 0 Å². The highest BCUT2D eigenvalue weighted by Gasteiger charge is 2.30. The molecule has 0 aromatic heterocycles. The highest BCUT2D eigenvalue weighted by molar-refractivity contribution is 7.92. The molecule has 0 bridgehead atoms. The van der Waals surface area contributed by atoms with Crippen LogP contribution in [-0.4, -0.2) is 37.7 Å². The van der Waals surface area contributed by atoms with E-state index >= 15 is 0 Å². The lowest BCUT2D eigenvalue weighted by molar-refractivity contribution is -0.154. The Kier molecular flexibility index (Phi) is 8.42. The number of amides is 1. The maximum atomic E-state index is 13.0. The van der Waals surface area contributed by atoms with Gasteiger partial charge < -0.3 is 10.1 Å². The number of aryl methyl sites for hydroxylation is 1. The molecule has 1 unspecified atom stereocenters.